The van der Waals surface area contributed by atoms with Crippen molar-refractivity contribution in [3.8, 4) is 0 Å². The molecule has 10 nitrogen and oxygen atoms in total. The van der Waals surface area contributed by atoms with Crippen LogP contribution in [0.3, 0.4) is 0 Å². The van der Waals surface area contributed by atoms with Crippen LogP contribution in [0.5, 0.6) is 0 Å². The maximum atomic E-state index is 12.6. The average molecular weight is 476 g/mol. The molecule has 4 atom stereocenters. The highest BCUT2D eigenvalue weighted by Gasteiger charge is 2.26. The maximum Gasteiger partial charge on any atom is 0.408 e. The second-order valence-corrected chi connectivity index (χ2v) is 8.29. The van der Waals surface area contributed by atoms with Crippen LogP contribution in [0.4, 0.5) is 4.79 Å². The summed E-state index contributed by atoms with van der Waals surface area (Å²) in [5.41, 5.74) is 0.812. The predicted octanol–water partition coefficient (Wildman–Crippen LogP) is 1.18. The normalized spacial score (nSPS) is 22.3. The highest BCUT2D eigenvalue weighted by atomic mass is 16.6. The molecule has 0 saturated carbocycles. The fraction of sp³-hybridized carbons (Fsp3) is 0.500. The Morgan fingerprint density at radius 3 is 2.62 bits per heavy atom. The molecular formula is C24H33N3O7. The van der Waals surface area contributed by atoms with Crippen molar-refractivity contribution in [1.82, 2.24) is 16.0 Å². The van der Waals surface area contributed by atoms with E-state index in [1.54, 1.807) is 26.0 Å². The summed E-state index contributed by atoms with van der Waals surface area (Å²) >= 11 is 0. The summed E-state index contributed by atoms with van der Waals surface area (Å²) < 4.78 is 10.5. The van der Waals surface area contributed by atoms with Crippen molar-refractivity contribution in [2.45, 2.75) is 57.8 Å². The Morgan fingerprint density at radius 1 is 1.21 bits per heavy atom. The van der Waals surface area contributed by atoms with Crippen LogP contribution in [0.2, 0.25) is 0 Å². The minimum absolute atomic E-state index is 0.0550. The van der Waals surface area contributed by atoms with Gasteiger partial charge in [-0.1, -0.05) is 42.5 Å². The van der Waals surface area contributed by atoms with Crippen molar-refractivity contribution >= 4 is 23.9 Å². The number of allylic oxidation sites excluding steroid dienone is 1. The van der Waals surface area contributed by atoms with Gasteiger partial charge in [-0.15, -0.1) is 0 Å². The number of alkyl carbamates (subject to hydrolysis) is 1. The third-order valence-corrected chi connectivity index (χ3v) is 5.10. The summed E-state index contributed by atoms with van der Waals surface area (Å²) in [4.78, 5) is 49.5. The molecule has 0 radical (unpaired) electrons. The Kier molecular flexibility index (Phi) is 11.0. The van der Waals surface area contributed by atoms with Crippen LogP contribution in [0.25, 0.3) is 0 Å². The molecule has 0 spiro atoms. The first-order valence-electron chi connectivity index (χ1n) is 11.3. The number of nitrogens with one attached hydrogen (secondary N) is 3. The highest BCUT2D eigenvalue weighted by molar-refractivity contribution is 5.86. The SMILES string of the molecule is C[C@@H](CO)NC(=O)C[C@H]1CC=CC[C@@H](NC(=O)OCc2ccccc2)C(=O)OC[C@H](C)NC1=O. The smallest absolute Gasteiger partial charge is 0.408 e. The van der Waals surface area contributed by atoms with Crippen LogP contribution in [0, 0.1) is 5.92 Å². The van der Waals surface area contributed by atoms with Crippen molar-refractivity contribution in [1.29, 1.82) is 0 Å². The lowest BCUT2D eigenvalue weighted by atomic mass is 9.98. The van der Waals surface area contributed by atoms with Crippen molar-refractivity contribution < 1.29 is 33.8 Å². The third kappa shape index (κ3) is 9.62. The van der Waals surface area contributed by atoms with Crippen LogP contribution < -0.4 is 16.0 Å². The molecule has 2 rings (SSSR count). The van der Waals surface area contributed by atoms with E-state index in [1.807, 2.05) is 30.3 Å². The monoisotopic (exact) mass is 475 g/mol. The molecule has 1 aliphatic heterocycles. The van der Waals surface area contributed by atoms with Crippen LogP contribution in [0.1, 0.15) is 38.7 Å². The molecule has 4 N–H and O–H groups in total. The molecule has 0 aliphatic carbocycles. The number of amides is 3. The summed E-state index contributed by atoms with van der Waals surface area (Å²) in [6.07, 6.45) is 2.94. The van der Waals surface area contributed by atoms with Crippen LogP contribution >= 0.6 is 0 Å². The van der Waals surface area contributed by atoms with Crippen LogP contribution in [-0.4, -0.2) is 60.3 Å². The van der Waals surface area contributed by atoms with E-state index in [1.165, 1.54) is 0 Å². The predicted molar refractivity (Wildman–Crippen MR) is 123 cm³/mol. The van der Waals surface area contributed by atoms with Gasteiger partial charge in [0.1, 0.15) is 19.3 Å². The standard InChI is InChI=1S/C24H33N3O7/c1-16(13-28)25-21(29)12-19-10-6-7-11-20(23(31)33-14-17(2)26-22(19)30)27-24(32)34-15-18-8-4-3-5-9-18/h3-9,16-17,19-20,28H,10-15H2,1-2H3,(H,25,29)(H,26,30)(H,27,32)/t16-,17-,19+,20+/m0/s1. The summed E-state index contributed by atoms with van der Waals surface area (Å²) in [7, 11) is 0. The van der Waals surface area contributed by atoms with Gasteiger partial charge < -0.3 is 30.5 Å². The number of esters is 1. The maximum absolute atomic E-state index is 12.6. The molecule has 0 bridgehead atoms. The van der Waals surface area contributed by atoms with Crippen molar-refractivity contribution in [2.24, 2.45) is 5.92 Å². The largest absolute Gasteiger partial charge is 0.462 e. The Hall–Kier alpha value is -3.40. The number of carbonyl (C=O) groups excluding carboxylic acids is 4. The van der Waals surface area contributed by atoms with Gasteiger partial charge in [-0.2, -0.15) is 0 Å². The van der Waals surface area contributed by atoms with E-state index in [0.29, 0.717) is 0 Å². The number of aliphatic hydroxyl groups excluding tert-OH is 1. The molecule has 1 aromatic carbocycles. The highest BCUT2D eigenvalue weighted by Crippen LogP contribution is 2.13. The molecule has 1 aromatic rings. The molecule has 0 saturated heterocycles. The Balaban J connectivity index is 2.00. The molecule has 0 fully saturated rings. The van der Waals surface area contributed by atoms with Gasteiger partial charge in [0.05, 0.1) is 18.6 Å². The third-order valence-electron chi connectivity index (χ3n) is 5.10. The van der Waals surface area contributed by atoms with E-state index in [0.717, 1.165) is 5.56 Å². The molecule has 186 valence electrons. The van der Waals surface area contributed by atoms with Gasteiger partial charge in [0.25, 0.3) is 0 Å². The second kappa shape index (κ2) is 14.0. The fourth-order valence-electron chi connectivity index (χ4n) is 3.21. The molecule has 34 heavy (non-hydrogen) atoms. The first-order chi connectivity index (χ1) is 16.3. The lowest BCUT2D eigenvalue weighted by molar-refractivity contribution is -0.147. The van der Waals surface area contributed by atoms with Gasteiger partial charge in [-0.05, 0) is 32.3 Å². The molecule has 3 amide bonds. The summed E-state index contributed by atoms with van der Waals surface area (Å²) in [6.45, 7) is 3.10. The van der Waals surface area contributed by atoms with Crippen LogP contribution in [0.15, 0.2) is 42.5 Å². The molecular weight excluding hydrogens is 442 g/mol. The minimum atomic E-state index is -0.964. The lowest BCUT2D eigenvalue weighted by Crippen LogP contribution is -2.45. The number of ether oxygens (including phenoxy) is 2. The van der Waals surface area contributed by atoms with E-state index < -0.39 is 36.1 Å². The average Bonchev–Trinajstić information content (AvgIpc) is 2.82. The Morgan fingerprint density at radius 2 is 1.91 bits per heavy atom. The topological polar surface area (TPSA) is 143 Å². The van der Waals surface area contributed by atoms with Crippen molar-refractivity contribution in [3.05, 3.63) is 48.0 Å². The quantitative estimate of drug-likeness (QED) is 0.343. The second-order valence-electron chi connectivity index (χ2n) is 8.29. The number of aliphatic hydroxyl groups is 1. The zero-order chi connectivity index (χ0) is 24.9. The van der Waals surface area contributed by atoms with Gasteiger partial charge in [0, 0.05) is 12.5 Å². The first-order valence-corrected chi connectivity index (χ1v) is 11.3. The number of hydrogen-bond acceptors (Lipinski definition) is 7. The molecule has 10 heteroatoms. The van der Waals surface area contributed by atoms with E-state index in [4.69, 9.17) is 14.6 Å². The van der Waals surface area contributed by atoms with E-state index in [-0.39, 0.29) is 50.9 Å². The van der Waals surface area contributed by atoms with Gasteiger partial charge in [-0.25, -0.2) is 9.59 Å². The van der Waals surface area contributed by atoms with E-state index in [9.17, 15) is 19.2 Å². The zero-order valence-corrected chi connectivity index (χ0v) is 19.5. The number of hydrogen-bond donors (Lipinski definition) is 4. The Bertz CT molecular complexity index is 859. The number of carbonyl (C=O) groups is 4. The number of benzene rings is 1. The fourth-order valence-corrected chi connectivity index (χ4v) is 3.21. The molecule has 1 heterocycles. The summed E-state index contributed by atoms with van der Waals surface area (Å²) in [6, 6.07) is 7.28. The molecule has 0 aromatic heterocycles. The van der Waals surface area contributed by atoms with E-state index in [2.05, 4.69) is 16.0 Å². The number of cyclic esters (lactones) is 1. The number of rotatable bonds is 7. The summed E-state index contributed by atoms with van der Waals surface area (Å²) in [5.74, 6) is -1.96. The van der Waals surface area contributed by atoms with Crippen molar-refractivity contribution in [3.63, 3.8) is 0 Å². The van der Waals surface area contributed by atoms with E-state index >= 15 is 0 Å². The Labute approximate surface area is 199 Å². The van der Waals surface area contributed by atoms with Crippen LogP contribution in [-0.2, 0) is 30.5 Å². The van der Waals surface area contributed by atoms with Gasteiger partial charge in [-0.3, -0.25) is 9.59 Å². The van der Waals surface area contributed by atoms with Gasteiger partial charge in [0.2, 0.25) is 11.8 Å². The minimum Gasteiger partial charge on any atom is -0.462 e. The van der Waals surface area contributed by atoms with Gasteiger partial charge >= 0.3 is 12.1 Å². The van der Waals surface area contributed by atoms with Gasteiger partial charge in [0.15, 0.2) is 0 Å². The summed E-state index contributed by atoms with van der Waals surface area (Å²) in [5, 5.41) is 17.0. The first kappa shape index (κ1) is 26.8. The molecule has 0 unspecified atom stereocenters. The zero-order valence-electron chi connectivity index (χ0n) is 19.5. The molecule has 1 aliphatic rings. The van der Waals surface area contributed by atoms with Crippen molar-refractivity contribution in [2.75, 3.05) is 13.2 Å². The lowest BCUT2D eigenvalue weighted by Gasteiger charge is -2.22.